The van der Waals surface area contributed by atoms with Gasteiger partial charge >= 0.3 is 0 Å². The fraction of sp³-hybridized carbons (Fsp3) is 0.333. The van der Waals surface area contributed by atoms with Crippen molar-refractivity contribution in [3.05, 3.63) is 65.4 Å². The van der Waals surface area contributed by atoms with E-state index in [1.165, 1.54) is 6.07 Å². The molecule has 1 aromatic heterocycles. The first-order valence-corrected chi connectivity index (χ1v) is 12.0. The second kappa shape index (κ2) is 9.26. The number of nitrogens with one attached hydrogen (secondary N) is 1. The van der Waals surface area contributed by atoms with Crippen molar-refractivity contribution in [1.82, 2.24) is 15.2 Å². The highest BCUT2D eigenvalue weighted by Gasteiger charge is 2.24. The number of hydrogen-bond acceptors (Lipinski definition) is 5. The van der Waals surface area contributed by atoms with Crippen molar-refractivity contribution in [3.8, 4) is 22.3 Å². The number of nitrogens with zero attached hydrogens (tertiary/aromatic N) is 3. The van der Waals surface area contributed by atoms with Gasteiger partial charge in [0.15, 0.2) is 0 Å². The Labute approximate surface area is 203 Å². The third-order valence-corrected chi connectivity index (χ3v) is 6.98. The van der Waals surface area contributed by atoms with Crippen LogP contribution in [0, 0.1) is 11.8 Å². The molecule has 5 rings (SSSR count). The molecule has 2 aromatic carbocycles. The van der Waals surface area contributed by atoms with Crippen molar-refractivity contribution >= 4 is 17.4 Å². The Kier molecular flexibility index (Phi) is 6.15. The van der Waals surface area contributed by atoms with Crippen molar-refractivity contribution in [2.45, 2.75) is 26.3 Å². The summed E-state index contributed by atoms with van der Waals surface area (Å²) < 4.78 is 29.7. The van der Waals surface area contributed by atoms with E-state index in [1.54, 1.807) is 12.1 Å². The molecule has 0 spiro atoms. The van der Waals surface area contributed by atoms with Crippen molar-refractivity contribution in [2.24, 2.45) is 0 Å². The van der Waals surface area contributed by atoms with E-state index in [2.05, 4.69) is 33.9 Å². The van der Waals surface area contributed by atoms with E-state index < -0.39 is 17.7 Å². The zero-order chi connectivity index (χ0) is 24.7. The van der Waals surface area contributed by atoms with Gasteiger partial charge in [0.25, 0.3) is 5.91 Å². The fourth-order valence-corrected chi connectivity index (χ4v) is 4.96. The normalized spacial score (nSPS) is 16.4. The number of benzene rings is 2. The summed E-state index contributed by atoms with van der Waals surface area (Å²) in [7, 11) is 0. The molecule has 2 aliphatic rings. The number of rotatable bonds is 4. The van der Waals surface area contributed by atoms with Crippen LogP contribution in [0.2, 0.25) is 0 Å². The summed E-state index contributed by atoms with van der Waals surface area (Å²) >= 11 is 0. The molecular formula is C27H29F2N5O. The van der Waals surface area contributed by atoms with Crippen LogP contribution in [0.3, 0.4) is 0 Å². The average Bonchev–Trinajstić information content (AvgIpc) is 2.84. The number of carbonyl (C=O) groups excluding carboxylic acids is 1. The maximum Gasteiger partial charge on any atom is 0.254 e. The lowest BCUT2D eigenvalue weighted by Crippen LogP contribution is -2.48. The molecule has 3 N–H and O–H groups in total. The van der Waals surface area contributed by atoms with Crippen LogP contribution in [0.5, 0.6) is 0 Å². The minimum absolute atomic E-state index is 0.0227. The number of aromatic nitrogens is 1. The number of amides is 1. The molecule has 1 fully saturated rings. The summed E-state index contributed by atoms with van der Waals surface area (Å²) in [6, 6.07) is 12.9. The molecule has 1 amide bonds. The Morgan fingerprint density at radius 3 is 2.37 bits per heavy atom. The quantitative estimate of drug-likeness (QED) is 0.554. The maximum absolute atomic E-state index is 14.9. The van der Waals surface area contributed by atoms with E-state index in [0.717, 1.165) is 31.9 Å². The molecule has 0 bridgehead atoms. The van der Waals surface area contributed by atoms with Gasteiger partial charge in [-0.3, -0.25) is 9.69 Å². The monoisotopic (exact) mass is 477 g/mol. The van der Waals surface area contributed by atoms with E-state index >= 15 is 0 Å². The number of anilines is 2. The molecule has 0 radical (unpaired) electrons. The van der Waals surface area contributed by atoms with Gasteiger partial charge < -0.3 is 16.0 Å². The van der Waals surface area contributed by atoms with Crippen LogP contribution in [-0.2, 0) is 6.42 Å². The molecule has 6 nitrogen and oxygen atoms in total. The van der Waals surface area contributed by atoms with Gasteiger partial charge in [-0.1, -0.05) is 12.1 Å². The smallest absolute Gasteiger partial charge is 0.254 e. The molecule has 1 saturated heterocycles. The molecule has 0 aliphatic carbocycles. The van der Waals surface area contributed by atoms with Crippen LogP contribution in [0.4, 0.5) is 20.3 Å². The van der Waals surface area contributed by atoms with Gasteiger partial charge in [-0.15, -0.1) is 0 Å². The van der Waals surface area contributed by atoms with E-state index in [9.17, 15) is 13.6 Å². The van der Waals surface area contributed by atoms with Gasteiger partial charge in [0.2, 0.25) is 5.95 Å². The lowest BCUT2D eigenvalue weighted by atomic mass is 9.93. The van der Waals surface area contributed by atoms with Gasteiger partial charge in [-0.2, -0.15) is 4.39 Å². The summed E-state index contributed by atoms with van der Waals surface area (Å²) in [6.07, 6.45) is 0.514. The van der Waals surface area contributed by atoms with Gasteiger partial charge in [0.05, 0.1) is 5.56 Å². The molecule has 3 aromatic rings. The van der Waals surface area contributed by atoms with Crippen molar-refractivity contribution in [1.29, 1.82) is 0 Å². The molecule has 3 heterocycles. The maximum atomic E-state index is 14.9. The predicted octanol–water partition coefficient (Wildman–Crippen LogP) is 4.09. The number of halogens is 2. The molecule has 0 atom stereocenters. The Hall–Kier alpha value is -3.52. The van der Waals surface area contributed by atoms with Crippen molar-refractivity contribution < 1.29 is 13.6 Å². The average molecular weight is 478 g/mol. The summed E-state index contributed by atoms with van der Waals surface area (Å²) in [5.41, 5.74) is 9.67. The van der Waals surface area contributed by atoms with Crippen LogP contribution in [0.15, 0.2) is 42.5 Å². The van der Waals surface area contributed by atoms with Gasteiger partial charge in [-0.25, -0.2) is 9.37 Å². The van der Waals surface area contributed by atoms with E-state index in [4.69, 9.17) is 5.73 Å². The first kappa shape index (κ1) is 23.2. The highest BCUT2D eigenvalue weighted by Crippen LogP contribution is 2.34. The number of fused-ring (bicyclic) bond motifs is 1. The number of nitrogens with two attached hydrogens (primary N) is 1. The largest absolute Gasteiger partial charge is 0.383 e. The number of nitrogen functional groups attached to an aromatic ring is 1. The van der Waals surface area contributed by atoms with Crippen LogP contribution < -0.4 is 16.0 Å². The number of carbonyl (C=O) groups is 1. The standard InChI is InChI=1S/C27H29F2N5O/c1-16(2)33-9-11-34(12-10-33)20-5-3-17(4-6-20)21-15-22(26(30)32-25(21)29)19-13-18-7-8-31-27(35)24(18)23(28)14-19/h3-6,13-16H,7-12H2,1-2H3,(H2,30,32)(H,31,35). The molecular weight excluding hydrogens is 448 g/mol. The Bertz CT molecular complexity index is 1270. The second-order valence-corrected chi connectivity index (χ2v) is 9.42. The molecule has 35 heavy (non-hydrogen) atoms. The second-order valence-electron chi connectivity index (χ2n) is 9.42. The SMILES string of the molecule is CC(C)N1CCN(c2ccc(-c3cc(-c4cc(F)c5c(c4)CCNC5=O)c(N)nc3F)cc2)CC1. The van der Waals surface area contributed by atoms with E-state index in [-0.39, 0.29) is 11.4 Å². The summed E-state index contributed by atoms with van der Waals surface area (Å²) in [5, 5.41) is 2.65. The Balaban J connectivity index is 1.44. The Morgan fingerprint density at radius 1 is 0.971 bits per heavy atom. The van der Waals surface area contributed by atoms with Crippen LogP contribution in [0.25, 0.3) is 22.3 Å². The highest BCUT2D eigenvalue weighted by molar-refractivity contribution is 5.98. The highest BCUT2D eigenvalue weighted by atomic mass is 19.1. The molecule has 8 heteroatoms. The minimum atomic E-state index is -0.678. The van der Waals surface area contributed by atoms with Crippen LogP contribution in [-0.4, -0.2) is 54.6 Å². The lowest BCUT2D eigenvalue weighted by molar-refractivity contribution is 0.0941. The van der Waals surface area contributed by atoms with Gasteiger partial charge in [0.1, 0.15) is 11.6 Å². The van der Waals surface area contributed by atoms with Crippen LogP contribution >= 0.6 is 0 Å². The molecule has 0 unspecified atom stereocenters. The third kappa shape index (κ3) is 4.46. The molecule has 2 aliphatic heterocycles. The topological polar surface area (TPSA) is 74.5 Å². The Morgan fingerprint density at radius 2 is 1.69 bits per heavy atom. The minimum Gasteiger partial charge on any atom is -0.383 e. The van der Waals surface area contributed by atoms with Gasteiger partial charge in [-0.05, 0) is 67.3 Å². The lowest BCUT2D eigenvalue weighted by Gasteiger charge is -2.38. The zero-order valence-corrected chi connectivity index (χ0v) is 19.9. The van der Waals surface area contributed by atoms with E-state index in [1.807, 2.05) is 24.3 Å². The number of pyridine rings is 1. The summed E-state index contributed by atoms with van der Waals surface area (Å²) in [6.45, 7) is 8.78. The summed E-state index contributed by atoms with van der Waals surface area (Å²) in [4.78, 5) is 20.7. The first-order valence-electron chi connectivity index (χ1n) is 12.0. The van der Waals surface area contributed by atoms with Crippen molar-refractivity contribution in [2.75, 3.05) is 43.4 Å². The molecule has 182 valence electrons. The number of piperazine rings is 1. The summed E-state index contributed by atoms with van der Waals surface area (Å²) in [5.74, 6) is -1.75. The number of hydrogen-bond donors (Lipinski definition) is 2. The van der Waals surface area contributed by atoms with Gasteiger partial charge in [0, 0.05) is 55.6 Å². The molecule has 0 saturated carbocycles. The van der Waals surface area contributed by atoms with E-state index in [0.29, 0.717) is 46.8 Å². The van der Waals surface area contributed by atoms with Crippen molar-refractivity contribution in [3.63, 3.8) is 0 Å². The predicted molar refractivity (Wildman–Crippen MR) is 134 cm³/mol. The zero-order valence-electron chi connectivity index (χ0n) is 19.9. The van der Waals surface area contributed by atoms with Crippen LogP contribution in [0.1, 0.15) is 29.8 Å². The third-order valence-electron chi connectivity index (χ3n) is 6.98. The fourth-order valence-electron chi connectivity index (χ4n) is 4.96. The first-order chi connectivity index (χ1) is 16.8.